The zero-order valence-electron chi connectivity index (χ0n) is 14.5. The van der Waals surface area contributed by atoms with Crippen LogP contribution in [0, 0.1) is 11.8 Å². The van der Waals surface area contributed by atoms with Crippen molar-refractivity contribution in [1.29, 1.82) is 0 Å². The van der Waals surface area contributed by atoms with E-state index in [1.54, 1.807) is 24.3 Å². The van der Waals surface area contributed by atoms with Crippen LogP contribution < -0.4 is 5.32 Å². The molecule has 0 saturated carbocycles. The molecule has 0 aliphatic carbocycles. The molecule has 0 spiro atoms. The first-order valence-electron chi connectivity index (χ1n) is 8.66. The Bertz CT molecular complexity index is 787. The number of hydrogen-bond donors (Lipinski definition) is 1. The van der Waals surface area contributed by atoms with E-state index >= 15 is 0 Å². The molecule has 0 radical (unpaired) electrons. The Morgan fingerprint density at radius 3 is 3.00 bits per heavy atom. The van der Waals surface area contributed by atoms with Crippen molar-refractivity contribution in [2.45, 2.75) is 19.1 Å². The Morgan fingerprint density at radius 1 is 1.38 bits per heavy atom. The summed E-state index contributed by atoms with van der Waals surface area (Å²) in [6.07, 6.45) is 3.45. The first kappa shape index (κ1) is 16.8. The Balaban J connectivity index is 1.31. The van der Waals surface area contributed by atoms with Crippen molar-refractivity contribution in [3.63, 3.8) is 0 Å². The predicted molar refractivity (Wildman–Crippen MR) is 88.8 cm³/mol. The largest absolute Gasteiger partial charge is 0.467 e. The molecule has 2 aromatic rings. The second kappa shape index (κ2) is 6.91. The topological polar surface area (TPSA) is 102 Å². The van der Waals surface area contributed by atoms with Gasteiger partial charge in [0.25, 0.3) is 5.91 Å². The molecule has 9 nitrogen and oxygen atoms in total. The number of nitrogens with one attached hydrogen (secondary N) is 1. The molecule has 4 heterocycles. The third-order valence-electron chi connectivity index (χ3n) is 5.00. The summed E-state index contributed by atoms with van der Waals surface area (Å²) in [5.41, 5.74) is 0. The van der Waals surface area contributed by atoms with E-state index in [2.05, 4.69) is 15.4 Å². The monoisotopic (exact) mass is 359 g/mol. The van der Waals surface area contributed by atoms with Crippen molar-refractivity contribution in [2.75, 3.05) is 19.7 Å². The van der Waals surface area contributed by atoms with E-state index in [1.807, 2.05) is 6.07 Å². The maximum atomic E-state index is 12.5. The molecule has 138 valence electrons. The third kappa shape index (κ3) is 3.34. The first-order chi connectivity index (χ1) is 12.6. The van der Waals surface area contributed by atoms with Crippen molar-refractivity contribution in [1.82, 2.24) is 25.0 Å². The van der Waals surface area contributed by atoms with Crippen LogP contribution in [0.25, 0.3) is 0 Å². The lowest BCUT2D eigenvalue weighted by atomic mass is 9.90. The number of rotatable bonds is 5. The zero-order valence-corrected chi connectivity index (χ0v) is 14.5. The van der Waals surface area contributed by atoms with Crippen LogP contribution in [0.4, 0.5) is 0 Å². The first-order valence-corrected chi connectivity index (χ1v) is 8.66. The van der Waals surface area contributed by atoms with Crippen LogP contribution in [-0.2, 0) is 23.1 Å². The molecule has 3 atom stereocenters. The van der Waals surface area contributed by atoms with Crippen molar-refractivity contribution >= 4 is 11.8 Å². The highest BCUT2D eigenvalue weighted by Gasteiger charge is 2.46. The van der Waals surface area contributed by atoms with Gasteiger partial charge in [-0.2, -0.15) is 0 Å². The molecule has 2 aromatic heterocycles. The van der Waals surface area contributed by atoms with E-state index in [0.717, 1.165) is 5.76 Å². The Labute approximate surface area is 150 Å². The van der Waals surface area contributed by atoms with Gasteiger partial charge in [0, 0.05) is 32.5 Å². The Kier molecular flexibility index (Phi) is 4.46. The van der Waals surface area contributed by atoms with Gasteiger partial charge in [-0.3, -0.25) is 14.3 Å². The molecular formula is C17H21N5O4. The smallest absolute Gasteiger partial charge is 0.293 e. The van der Waals surface area contributed by atoms with E-state index in [9.17, 15) is 9.59 Å². The van der Waals surface area contributed by atoms with Gasteiger partial charge in [0.1, 0.15) is 12.1 Å². The lowest BCUT2D eigenvalue weighted by Gasteiger charge is -2.18. The summed E-state index contributed by atoms with van der Waals surface area (Å²) >= 11 is 0. The number of fused-ring (bicyclic) bond motifs is 1. The molecule has 2 fully saturated rings. The molecule has 2 amide bonds. The highest BCUT2D eigenvalue weighted by atomic mass is 16.5. The lowest BCUT2D eigenvalue weighted by Crippen LogP contribution is -2.33. The van der Waals surface area contributed by atoms with Crippen molar-refractivity contribution < 1.29 is 18.7 Å². The van der Waals surface area contributed by atoms with Crippen molar-refractivity contribution in [3.05, 3.63) is 36.3 Å². The van der Waals surface area contributed by atoms with Gasteiger partial charge in [-0.15, -0.1) is 5.10 Å². The van der Waals surface area contributed by atoms with Crippen LogP contribution >= 0.6 is 0 Å². The number of aromatic nitrogens is 3. The van der Waals surface area contributed by atoms with E-state index in [-0.39, 0.29) is 35.6 Å². The van der Waals surface area contributed by atoms with Gasteiger partial charge >= 0.3 is 0 Å². The standard InChI is InChI=1S/C17H21N5O4/c1-21-10-19-16(20-21)17(24)22-7-13-11(9-26-14(13)8-22)5-15(23)18-6-12-3-2-4-25-12/h2-4,10-11,13-14H,5-9H2,1H3,(H,18,23)/t11-,13-,14-/m1/s1. The van der Waals surface area contributed by atoms with Gasteiger partial charge in [-0.1, -0.05) is 0 Å². The molecule has 4 rings (SSSR count). The van der Waals surface area contributed by atoms with E-state index < -0.39 is 0 Å². The SMILES string of the molecule is Cn1cnc(C(=O)N2C[C@@H]3[C@H](CC(=O)NCc4ccco4)CO[C@@H]3C2)n1. The van der Waals surface area contributed by atoms with E-state index in [0.29, 0.717) is 32.7 Å². The summed E-state index contributed by atoms with van der Waals surface area (Å²) in [5, 5.41) is 6.93. The van der Waals surface area contributed by atoms with Crippen LogP contribution in [0.3, 0.4) is 0 Å². The molecule has 26 heavy (non-hydrogen) atoms. The number of aryl methyl sites for hydroxylation is 1. The fourth-order valence-corrected chi connectivity index (χ4v) is 3.66. The normalized spacial score (nSPS) is 24.7. The fourth-order valence-electron chi connectivity index (χ4n) is 3.66. The van der Waals surface area contributed by atoms with E-state index in [4.69, 9.17) is 9.15 Å². The Hall–Kier alpha value is -2.68. The fraction of sp³-hybridized carbons (Fsp3) is 0.529. The van der Waals surface area contributed by atoms with Crippen LogP contribution in [0.5, 0.6) is 0 Å². The van der Waals surface area contributed by atoms with Gasteiger partial charge in [0.2, 0.25) is 11.7 Å². The number of carbonyl (C=O) groups excluding carboxylic acids is 2. The minimum absolute atomic E-state index is 0.0227. The number of carbonyl (C=O) groups is 2. The molecule has 1 N–H and O–H groups in total. The number of likely N-dealkylation sites (tertiary alicyclic amines) is 1. The number of nitrogens with zero attached hydrogens (tertiary/aromatic N) is 4. The summed E-state index contributed by atoms with van der Waals surface area (Å²) in [6, 6.07) is 3.61. The maximum absolute atomic E-state index is 12.5. The molecular weight excluding hydrogens is 338 g/mol. The summed E-state index contributed by atoms with van der Waals surface area (Å²) in [4.78, 5) is 30.4. The van der Waals surface area contributed by atoms with Crippen molar-refractivity contribution in [3.8, 4) is 0 Å². The maximum Gasteiger partial charge on any atom is 0.293 e. The predicted octanol–water partition coefficient (Wildman–Crippen LogP) is 0.202. The van der Waals surface area contributed by atoms with Crippen LogP contribution in [0.15, 0.2) is 29.1 Å². The number of hydrogen-bond acceptors (Lipinski definition) is 6. The summed E-state index contributed by atoms with van der Waals surface area (Å²) in [6.45, 7) is 2.01. The molecule has 0 bridgehead atoms. The molecule has 9 heteroatoms. The highest BCUT2D eigenvalue weighted by Crippen LogP contribution is 2.35. The van der Waals surface area contributed by atoms with Gasteiger partial charge in [-0.05, 0) is 18.1 Å². The number of furan rings is 1. The van der Waals surface area contributed by atoms with Gasteiger partial charge in [0.15, 0.2) is 0 Å². The second-order valence-corrected chi connectivity index (χ2v) is 6.81. The summed E-state index contributed by atoms with van der Waals surface area (Å²) < 4.78 is 12.5. The summed E-state index contributed by atoms with van der Waals surface area (Å²) in [7, 11) is 1.73. The molecule has 0 unspecified atom stereocenters. The minimum atomic E-state index is -0.190. The van der Waals surface area contributed by atoms with Crippen LogP contribution in [0.2, 0.25) is 0 Å². The zero-order chi connectivity index (χ0) is 18.1. The number of amides is 2. The number of ether oxygens (including phenoxy) is 1. The highest BCUT2D eigenvalue weighted by molar-refractivity contribution is 5.90. The average molecular weight is 359 g/mol. The molecule has 2 aliphatic rings. The minimum Gasteiger partial charge on any atom is -0.467 e. The van der Waals surface area contributed by atoms with Gasteiger partial charge < -0.3 is 19.4 Å². The van der Waals surface area contributed by atoms with Crippen LogP contribution in [-0.4, -0.2) is 57.3 Å². The molecule has 2 saturated heterocycles. The molecule has 0 aromatic carbocycles. The van der Waals surface area contributed by atoms with Gasteiger partial charge in [0.05, 0.1) is 25.5 Å². The van der Waals surface area contributed by atoms with Crippen LogP contribution in [0.1, 0.15) is 22.8 Å². The lowest BCUT2D eigenvalue weighted by molar-refractivity contribution is -0.122. The van der Waals surface area contributed by atoms with E-state index in [1.165, 1.54) is 11.0 Å². The average Bonchev–Trinajstić information content (AvgIpc) is 3.38. The third-order valence-corrected chi connectivity index (χ3v) is 5.00. The van der Waals surface area contributed by atoms with Crippen molar-refractivity contribution in [2.24, 2.45) is 18.9 Å². The van der Waals surface area contributed by atoms with Gasteiger partial charge in [-0.25, -0.2) is 4.98 Å². The second-order valence-electron chi connectivity index (χ2n) is 6.81. The Morgan fingerprint density at radius 2 is 2.27 bits per heavy atom. The summed E-state index contributed by atoms with van der Waals surface area (Å²) in [5.74, 6) is 0.958. The molecule has 2 aliphatic heterocycles. The quantitative estimate of drug-likeness (QED) is 0.818.